The molecule has 1 N–H and O–H groups in total. The van der Waals surface area contributed by atoms with Crippen LogP contribution in [0.4, 0.5) is 13.2 Å². The minimum absolute atomic E-state index is 0.175. The molecule has 1 atom stereocenters. The maximum absolute atomic E-state index is 13.0. The van der Waals surface area contributed by atoms with Crippen molar-refractivity contribution in [3.8, 4) is 0 Å². The molecule has 2 aromatic carbocycles. The van der Waals surface area contributed by atoms with Crippen LogP contribution >= 0.6 is 11.8 Å². The van der Waals surface area contributed by atoms with E-state index in [-0.39, 0.29) is 5.78 Å². The van der Waals surface area contributed by atoms with Gasteiger partial charge in [0.2, 0.25) is 0 Å². The SMILES string of the molecule is CCNC1=C(c2cccc(C(F)(F)F)c2)C(=O)C(c2ccccc2)S1. The summed E-state index contributed by atoms with van der Waals surface area (Å²) in [6, 6.07) is 14.2. The minimum Gasteiger partial charge on any atom is -0.380 e. The Hall–Kier alpha value is -2.21. The van der Waals surface area contributed by atoms with E-state index in [1.165, 1.54) is 17.8 Å². The first-order valence-corrected chi connectivity index (χ1v) is 8.71. The van der Waals surface area contributed by atoms with Crippen LogP contribution in [0.2, 0.25) is 0 Å². The van der Waals surface area contributed by atoms with E-state index in [2.05, 4.69) is 5.32 Å². The van der Waals surface area contributed by atoms with Crippen molar-refractivity contribution in [2.45, 2.75) is 18.3 Å². The number of allylic oxidation sites excluding steroid dienone is 1. The molecular weight excluding hydrogens is 347 g/mol. The zero-order chi connectivity index (χ0) is 18.0. The summed E-state index contributed by atoms with van der Waals surface area (Å²) in [6.07, 6.45) is -4.44. The number of hydrogen-bond donors (Lipinski definition) is 1. The van der Waals surface area contributed by atoms with E-state index in [0.29, 0.717) is 22.7 Å². The Morgan fingerprint density at radius 1 is 1.08 bits per heavy atom. The van der Waals surface area contributed by atoms with Crippen LogP contribution in [0.25, 0.3) is 5.57 Å². The van der Waals surface area contributed by atoms with Gasteiger partial charge in [-0.3, -0.25) is 4.79 Å². The van der Waals surface area contributed by atoms with Gasteiger partial charge in [-0.15, -0.1) is 0 Å². The molecule has 0 amide bonds. The van der Waals surface area contributed by atoms with Crippen LogP contribution in [0.15, 0.2) is 59.6 Å². The van der Waals surface area contributed by atoms with Crippen molar-refractivity contribution in [3.63, 3.8) is 0 Å². The number of carbonyl (C=O) groups excluding carboxylic acids is 1. The number of nitrogens with one attached hydrogen (secondary N) is 1. The van der Waals surface area contributed by atoms with Gasteiger partial charge in [-0.25, -0.2) is 0 Å². The molecule has 0 aromatic heterocycles. The normalized spacial score (nSPS) is 17.9. The van der Waals surface area contributed by atoms with Crippen molar-refractivity contribution in [3.05, 3.63) is 76.3 Å². The number of hydrogen-bond acceptors (Lipinski definition) is 3. The summed E-state index contributed by atoms with van der Waals surface area (Å²) in [6.45, 7) is 2.47. The first-order valence-electron chi connectivity index (χ1n) is 7.83. The lowest BCUT2D eigenvalue weighted by Crippen LogP contribution is -2.12. The van der Waals surface area contributed by atoms with Crippen LogP contribution in [0.5, 0.6) is 0 Å². The highest BCUT2D eigenvalue weighted by Crippen LogP contribution is 2.47. The Morgan fingerprint density at radius 3 is 2.44 bits per heavy atom. The molecular formula is C19H16F3NOS. The standard InChI is InChI=1S/C19H16F3NOS/c1-2-23-18-15(13-9-6-10-14(11-13)19(20,21)22)16(24)17(25-18)12-7-4-3-5-8-12/h3-11,17,23H,2H2,1H3. The van der Waals surface area contributed by atoms with E-state index < -0.39 is 17.0 Å². The van der Waals surface area contributed by atoms with Gasteiger partial charge in [0.25, 0.3) is 0 Å². The molecule has 3 rings (SSSR count). The van der Waals surface area contributed by atoms with E-state index in [1.807, 2.05) is 37.3 Å². The van der Waals surface area contributed by atoms with E-state index in [4.69, 9.17) is 0 Å². The summed E-state index contributed by atoms with van der Waals surface area (Å²) in [5.41, 5.74) is 0.706. The number of carbonyl (C=O) groups is 1. The van der Waals surface area contributed by atoms with Crippen LogP contribution in [0.3, 0.4) is 0 Å². The summed E-state index contributed by atoms with van der Waals surface area (Å²) in [4.78, 5) is 13.0. The number of thioether (sulfide) groups is 1. The molecule has 2 aromatic rings. The van der Waals surface area contributed by atoms with Gasteiger partial charge in [0.1, 0.15) is 0 Å². The van der Waals surface area contributed by atoms with Crippen LogP contribution in [0, 0.1) is 0 Å². The monoisotopic (exact) mass is 363 g/mol. The largest absolute Gasteiger partial charge is 0.416 e. The molecule has 0 fully saturated rings. The lowest BCUT2D eigenvalue weighted by molar-refractivity contribution is -0.137. The smallest absolute Gasteiger partial charge is 0.380 e. The van der Waals surface area contributed by atoms with Crippen molar-refractivity contribution in [2.75, 3.05) is 6.54 Å². The molecule has 1 aliphatic heterocycles. The molecule has 2 nitrogen and oxygen atoms in total. The highest BCUT2D eigenvalue weighted by atomic mass is 32.2. The van der Waals surface area contributed by atoms with Crippen molar-refractivity contribution in [2.24, 2.45) is 0 Å². The molecule has 0 aliphatic carbocycles. The Kier molecular flexibility index (Phi) is 4.90. The fraction of sp³-hybridized carbons (Fsp3) is 0.211. The van der Waals surface area contributed by atoms with Crippen LogP contribution in [0.1, 0.15) is 28.9 Å². The zero-order valence-electron chi connectivity index (χ0n) is 13.4. The fourth-order valence-electron chi connectivity index (χ4n) is 2.74. The van der Waals surface area contributed by atoms with Crippen molar-refractivity contribution < 1.29 is 18.0 Å². The third-order valence-electron chi connectivity index (χ3n) is 3.87. The molecule has 0 bridgehead atoms. The van der Waals surface area contributed by atoms with Crippen molar-refractivity contribution >= 4 is 23.1 Å². The first-order chi connectivity index (χ1) is 11.9. The average molecular weight is 363 g/mol. The first kappa shape index (κ1) is 17.6. The molecule has 0 spiro atoms. The van der Waals surface area contributed by atoms with Gasteiger partial charge in [-0.05, 0) is 30.2 Å². The number of halogens is 3. The molecule has 6 heteroatoms. The molecule has 1 aliphatic rings. The lowest BCUT2D eigenvalue weighted by atomic mass is 9.96. The number of rotatable bonds is 4. The third kappa shape index (κ3) is 3.58. The minimum atomic E-state index is -4.44. The Labute approximate surface area is 148 Å². The average Bonchev–Trinajstić information content (AvgIpc) is 2.92. The van der Waals surface area contributed by atoms with Crippen molar-refractivity contribution in [1.82, 2.24) is 5.32 Å². The van der Waals surface area contributed by atoms with Crippen LogP contribution < -0.4 is 5.32 Å². The topological polar surface area (TPSA) is 29.1 Å². The zero-order valence-corrected chi connectivity index (χ0v) is 14.2. The predicted octanol–water partition coefficient (Wildman–Crippen LogP) is 5.04. The van der Waals surface area contributed by atoms with Crippen molar-refractivity contribution in [1.29, 1.82) is 0 Å². The second-order valence-electron chi connectivity index (χ2n) is 5.59. The number of benzene rings is 2. The molecule has 130 valence electrons. The number of ketones is 1. The van der Waals surface area contributed by atoms with E-state index in [1.54, 1.807) is 6.07 Å². The summed E-state index contributed by atoms with van der Waals surface area (Å²) >= 11 is 1.35. The van der Waals surface area contributed by atoms with Gasteiger partial charge in [-0.2, -0.15) is 13.2 Å². The highest BCUT2D eigenvalue weighted by Gasteiger charge is 2.37. The van der Waals surface area contributed by atoms with Gasteiger partial charge < -0.3 is 5.32 Å². The quantitative estimate of drug-likeness (QED) is 0.825. The molecule has 25 heavy (non-hydrogen) atoms. The van der Waals surface area contributed by atoms with Gasteiger partial charge in [0.05, 0.1) is 21.4 Å². The Morgan fingerprint density at radius 2 is 1.80 bits per heavy atom. The molecule has 1 heterocycles. The lowest BCUT2D eigenvalue weighted by Gasteiger charge is -2.11. The van der Waals surface area contributed by atoms with E-state index in [9.17, 15) is 18.0 Å². The Balaban J connectivity index is 2.03. The van der Waals surface area contributed by atoms with Gasteiger partial charge in [0, 0.05) is 6.54 Å². The molecule has 0 saturated carbocycles. The van der Waals surface area contributed by atoms with Gasteiger partial charge in [0.15, 0.2) is 5.78 Å². The highest BCUT2D eigenvalue weighted by molar-refractivity contribution is 8.04. The second-order valence-corrected chi connectivity index (χ2v) is 6.70. The predicted molar refractivity (Wildman–Crippen MR) is 93.8 cm³/mol. The summed E-state index contributed by atoms with van der Waals surface area (Å²) in [5.74, 6) is -0.175. The van der Waals surface area contributed by atoms with E-state index >= 15 is 0 Å². The van der Waals surface area contributed by atoms with Crippen LogP contribution in [-0.4, -0.2) is 12.3 Å². The number of alkyl halides is 3. The maximum atomic E-state index is 13.0. The van der Waals surface area contributed by atoms with Gasteiger partial charge >= 0.3 is 6.18 Å². The number of Topliss-reactive ketones (excluding diaryl/α,β-unsaturated/α-hetero) is 1. The third-order valence-corrected chi connectivity index (χ3v) is 5.17. The molecule has 0 radical (unpaired) electrons. The summed E-state index contributed by atoms with van der Waals surface area (Å²) in [7, 11) is 0. The summed E-state index contributed by atoms with van der Waals surface area (Å²) in [5, 5.41) is 3.30. The van der Waals surface area contributed by atoms with E-state index in [0.717, 1.165) is 17.7 Å². The maximum Gasteiger partial charge on any atom is 0.416 e. The Bertz CT molecular complexity index is 815. The fourth-order valence-corrected chi connectivity index (χ4v) is 4.05. The molecule has 0 saturated heterocycles. The second kappa shape index (κ2) is 6.96. The van der Waals surface area contributed by atoms with Crippen LogP contribution in [-0.2, 0) is 11.0 Å². The molecule has 1 unspecified atom stereocenters. The summed E-state index contributed by atoms with van der Waals surface area (Å²) < 4.78 is 39.1. The van der Waals surface area contributed by atoms with Gasteiger partial charge in [-0.1, -0.05) is 54.2 Å².